The third-order valence-electron chi connectivity index (χ3n) is 4.59. The van der Waals surface area contributed by atoms with Crippen LogP contribution in [0.1, 0.15) is 13.8 Å². The molecule has 1 aliphatic heterocycles. The van der Waals surface area contributed by atoms with Crippen molar-refractivity contribution in [3.8, 4) is 0 Å². The van der Waals surface area contributed by atoms with E-state index in [2.05, 4.69) is 57.7 Å². The van der Waals surface area contributed by atoms with E-state index in [1.165, 1.54) is 5.69 Å². The summed E-state index contributed by atoms with van der Waals surface area (Å²) in [6, 6.07) is 10.9. The maximum absolute atomic E-state index is 12.0. The largest absolute Gasteiger partial charge is 0.369 e. The zero-order chi connectivity index (χ0) is 16.7. The molecule has 1 aliphatic rings. The van der Waals surface area contributed by atoms with E-state index < -0.39 is 0 Å². The van der Waals surface area contributed by atoms with Gasteiger partial charge in [-0.05, 0) is 26.1 Å². The number of carbonyl (C=O) groups excluding carboxylic acids is 1. The molecule has 0 bridgehead atoms. The Hall–Kier alpha value is -0.720. The van der Waals surface area contributed by atoms with Crippen LogP contribution in [0, 0.1) is 5.92 Å². The van der Waals surface area contributed by atoms with Crippen LogP contribution in [0.3, 0.4) is 0 Å². The Kier molecular flexibility index (Phi) is 15.2. The van der Waals surface area contributed by atoms with Crippen molar-refractivity contribution in [3.63, 3.8) is 0 Å². The van der Waals surface area contributed by atoms with Gasteiger partial charge in [0.25, 0.3) is 0 Å². The lowest BCUT2D eigenvalue weighted by Gasteiger charge is -2.39. The highest BCUT2D eigenvalue weighted by atomic mass is 35.5. The van der Waals surface area contributed by atoms with Gasteiger partial charge in [-0.3, -0.25) is 9.69 Å². The molecule has 1 saturated heterocycles. The number of anilines is 1. The predicted octanol–water partition coefficient (Wildman–Crippen LogP) is 2.43. The fourth-order valence-electron chi connectivity index (χ4n) is 3.01. The van der Waals surface area contributed by atoms with Crippen LogP contribution in [-0.2, 0) is 4.79 Å². The number of rotatable bonds is 7. The van der Waals surface area contributed by atoms with Crippen molar-refractivity contribution in [1.82, 2.24) is 15.5 Å². The third kappa shape index (κ3) is 8.31. The van der Waals surface area contributed by atoms with E-state index in [1.807, 2.05) is 14.0 Å². The average molecular weight is 428 g/mol. The SMILES string of the molecule is CNCC(C)C(=O)NCC(C)N1CCN(c2ccccc2)CC1.Cl.Cl.Cl. The van der Waals surface area contributed by atoms with E-state index in [-0.39, 0.29) is 49.0 Å². The maximum atomic E-state index is 12.0. The van der Waals surface area contributed by atoms with Crippen LogP contribution in [0.2, 0.25) is 0 Å². The molecule has 0 radical (unpaired) electrons. The maximum Gasteiger partial charge on any atom is 0.224 e. The second-order valence-electron chi connectivity index (χ2n) is 6.41. The quantitative estimate of drug-likeness (QED) is 0.701. The summed E-state index contributed by atoms with van der Waals surface area (Å²) < 4.78 is 0. The molecule has 2 rings (SSSR count). The number of nitrogens with one attached hydrogen (secondary N) is 2. The smallest absolute Gasteiger partial charge is 0.224 e. The van der Waals surface area contributed by atoms with Crippen molar-refractivity contribution in [1.29, 1.82) is 0 Å². The molecule has 0 aromatic heterocycles. The van der Waals surface area contributed by atoms with E-state index in [9.17, 15) is 4.79 Å². The van der Waals surface area contributed by atoms with Crippen LogP contribution in [0.4, 0.5) is 5.69 Å². The molecule has 26 heavy (non-hydrogen) atoms. The number of hydrogen-bond acceptors (Lipinski definition) is 4. The number of benzene rings is 1. The number of hydrogen-bond donors (Lipinski definition) is 2. The topological polar surface area (TPSA) is 47.6 Å². The van der Waals surface area contributed by atoms with E-state index in [4.69, 9.17) is 0 Å². The van der Waals surface area contributed by atoms with Gasteiger partial charge >= 0.3 is 0 Å². The molecular formula is C18H33Cl3N4O. The van der Waals surface area contributed by atoms with Gasteiger partial charge in [0.1, 0.15) is 0 Å². The number of para-hydroxylation sites is 1. The Morgan fingerprint density at radius 3 is 2.12 bits per heavy atom. The third-order valence-corrected chi connectivity index (χ3v) is 4.59. The van der Waals surface area contributed by atoms with Crippen LogP contribution >= 0.6 is 37.2 Å². The lowest BCUT2D eigenvalue weighted by molar-refractivity contribution is -0.124. The molecule has 1 amide bonds. The predicted molar refractivity (Wildman–Crippen MR) is 118 cm³/mol. The van der Waals surface area contributed by atoms with Gasteiger partial charge < -0.3 is 15.5 Å². The van der Waals surface area contributed by atoms with E-state index in [1.54, 1.807) is 0 Å². The van der Waals surface area contributed by atoms with Crippen molar-refractivity contribution < 1.29 is 4.79 Å². The molecule has 1 aromatic rings. The second kappa shape index (κ2) is 14.4. The van der Waals surface area contributed by atoms with Gasteiger partial charge in [0.2, 0.25) is 5.91 Å². The first-order chi connectivity index (χ1) is 11.1. The molecule has 0 saturated carbocycles. The molecule has 0 aliphatic carbocycles. The minimum atomic E-state index is 0. The minimum absolute atomic E-state index is 0. The van der Waals surface area contributed by atoms with E-state index >= 15 is 0 Å². The summed E-state index contributed by atoms with van der Waals surface area (Å²) in [6.07, 6.45) is 0. The molecule has 1 fully saturated rings. The molecule has 0 spiro atoms. The van der Waals surface area contributed by atoms with Gasteiger partial charge in [-0.25, -0.2) is 0 Å². The highest BCUT2D eigenvalue weighted by molar-refractivity contribution is 5.86. The van der Waals surface area contributed by atoms with Crippen molar-refractivity contribution in [2.45, 2.75) is 19.9 Å². The highest BCUT2D eigenvalue weighted by Gasteiger charge is 2.22. The number of halogens is 3. The van der Waals surface area contributed by atoms with E-state index in [0.717, 1.165) is 39.3 Å². The molecule has 5 nitrogen and oxygen atoms in total. The molecule has 152 valence electrons. The first-order valence-electron chi connectivity index (χ1n) is 8.58. The number of carbonyl (C=O) groups is 1. The van der Waals surface area contributed by atoms with Crippen molar-refractivity contribution in [2.24, 2.45) is 5.92 Å². The molecule has 2 N–H and O–H groups in total. The van der Waals surface area contributed by atoms with Crippen molar-refractivity contribution in [2.75, 3.05) is 51.2 Å². The van der Waals surface area contributed by atoms with Gasteiger partial charge in [-0.2, -0.15) is 0 Å². The van der Waals surface area contributed by atoms with Crippen LogP contribution in [0.5, 0.6) is 0 Å². The fourth-order valence-corrected chi connectivity index (χ4v) is 3.01. The van der Waals surface area contributed by atoms with Crippen LogP contribution in [0.15, 0.2) is 30.3 Å². The van der Waals surface area contributed by atoms with Gasteiger partial charge in [0.15, 0.2) is 0 Å². The summed E-state index contributed by atoms with van der Waals surface area (Å²) in [5.74, 6) is 0.149. The summed E-state index contributed by atoms with van der Waals surface area (Å²) in [6.45, 7) is 9.75. The molecule has 1 heterocycles. The Morgan fingerprint density at radius 2 is 1.58 bits per heavy atom. The summed E-state index contributed by atoms with van der Waals surface area (Å²) in [5.41, 5.74) is 1.30. The molecular weight excluding hydrogens is 395 g/mol. The second-order valence-corrected chi connectivity index (χ2v) is 6.41. The Morgan fingerprint density at radius 1 is 1.00 bits per heavy atom. The van der Waals surface area contributed by atoms with Crippen molar-refractivity contribution in [3.05, 3.63) is 30.3 Å². The van der Waals surface area contributed by atoms with Gasteiger partial charge in [0.05, 0.1) is 0 Å². The standard InChI is InChI=1S/C18H30N4O.3ClH/c1-15(13-19-3)18(23)20-14-16(2)21-9-11-22(12-10-21)17-7-5-4-6-8-17;;;/h4-8,15-16,19H,9-14H2,1-3H3,(H,20,23);3*1H. The lowest BCUT2D eigenvalue weighted by atomic mass is 10.1. The summed E-state index contributed by atoms with van der Waals surface area (Å²) in [5, 5.41) is 6.12. The Labute approximate surface area is 176 Å². The summed E-state index contributed by atoms with van der Waals surface area (Å²) in [4.78, 5) is 16.9. The zero-order valence-electron chi connectivity index (χ0n) is 15.8. The van der Waals surface area contributed by atoms with Gasteiger partial charge in [-0.1, -0.05) is 25.1 Å². The molecule has 8 heteroatoms. The number of piperazine rings is 1. The molecule has 1 aromatic carbocycles. The normalized spacial score (nSPS) is 16.3. The summed E-state index contributed by atoms with van der Waals surface area (Å²) in [7, 11) is 1.87. The Balaban J connectivity index is 0. The van der Waals surface area contributed by atoms with Crippen LogP contribution in [-0.4, -0.2) is 63.2 Å². The average Bonchev–Trinajstić information content (AvgIpc) is 2.60. The van der Waals surface area contributed by atoms with Gasteiger partial charge in [0, 0.05) is 56.9 Å². The Bertz CT molecular complexity index is 485. The van der Waals surface area contributed by atoms with Crippen LogP contribution in [0.25, 0.3) is 0 Å². The van der Waals surface area contributed by atoms with E-state index in [0.29, 0.717) is 6.04 Å². The minimum Gasteiger partial charge on any atom is -0.369 e. The monoisotopic (exact) mass is 426 g/mol. The first-order valence-corrected chi connectivity index (χ1v) is 8.58. The van der Waals surface area contributed by atoms with Crippen molar-refractivity contribution >= 4 is 48.8 Å². The lowest BCUT2D eigenvalue weighted by Crippen LogP contribution is -2.52. The number of amides is 1. The zero-order valence-corrected chi connectivity index (χ0v) is 18.3. The van der Waals surface area contributed by atoms with Crippen LogP contribution < -0.4 is 15.5 Å². The highest BCUT2D eigenvalue weighted by Crippen LogP contribution is 2.16. The first kappa shape index (κ1) is 27.5. The fraction of sp³-hybridized carbons (Fsp3) is 0.611. The van der Waals surface area contributed by atoms with Gasteiger partial charge in [-0.15, -0.1) is 37.2 Å². The summed E-state index contributed by atoms with van der Waals surface area (Å²) >= 11 is 0. The molecule has 2 atom stereocenters. The molecule has 2 unspecified atom stereocenters. The number of nitrogens with zero attached hydrogens (tertiary/aromatic N) is 2.